The van der Waals surface area contributed by atoms with Gasteiger partial charge in [-0.1, -0.05) is 64.8 Å². The second-order valence-corrected chi connectivity index (χ2v) is 6.87. The van der Waals surface area contributed by atoms with Gasteiger partial charge in [-0.15, -0.1) is 0 Å². The van der Waals surface area contributed by atoms with E-state index in [1.54, 1.807) is 30.1 Å². The van der Waals surface area contributed by atoms with Crippen molar-refractivity contribution in [3.05, 3.63) is 76.0 Å². The summed E-state index contributed by atoms with van der Waals surface area (Å²) in [5, 5.41) is 4.91. The Morgan fingerprint density at radius 2 is 1.89 bits per heavy atom. The van der Waals surface area contributed by atoms with Crippen molar-refractivity contribution >= 4 is 29.2 Å². The van der Waals surface area contributed by atoms with Gasteiger partial charge in [-0.25, -0.2) is 4.79 Å². The number of aromatic nitrogens is 1. The van der Waals surface area contributed by atoms with E-state index in [1.165, 1.54) is 7.11 Å². The summed E-state index contributed by atoms with van der Waals surface area (Å²) in [6, 6.07) is 16.0. The number of carbonyl (C=O) groups excluding carboxylic acids is 1. The van der Waals surface area contributed by atoms with E-state index in [2.05, 4.69) is 5.16 Å². The smallest absolute Gasteiger partial charge is 0.327 e. The molecule has 1 aromatic heterocycles. The number of benzene rings is 2. The summed E-state index contributed by atoms with van der Waals surface area (Å²) in [4.78, 5) is 14.2. The highest BCUT2D eigenvalue weighted by Gasteiger charge is 2.27. The van der Waals surface area contributed by atoms with Crippen LogP contribution in [0.3, 0.4) is 0 Å². The number of likely N-dealkylation sites (N-methyl/N-ethyl adjacent to an activating group) is 1. The quantitative estimate of drug-likeness (QED) is 0.541. The van der Waals surface area contributed by atoms with Crippen molar-refractivity contribution in [1.82, 2.24) is 10.1 Å². The molecule has 0 saturated heterocycles. The average Bonchev–Trinajstić information content (AvgIpc) is 3.13. The van der Waals surface area contributed by atoms with Crippen molar-refractivity contribution < 1.29 is 14.1 Å². The number of hydrogen-bond acceptors (Lipinski definition) is 5. The summed E-state index contributed by atoms with van der Waals surface area (Å²) in [5.41, 5.74) is 2.38. The predicted molar refractivity (Wildman–Crippen MR) is 105 cm³/mol. The highest BCUT2D eigenvalue weighted by atomic mass is 35.5. The number of halogens is 2. The zero-order chi connectivity index (χ0) is 19.4. The number of ether oxygens (including phenoxy) is 1. The van der Waals surface area contributed by atoms with Crippen molar-refractivity contribution in [1.29, 1.82) is 0 Å². The maximum Gasteiger partial charge on any atom is 0.327 e. The highest BCUT2D eigenvalue weighted by molar-refractivity contribution is 6.42. The van der Waals surface area contributed by atoms with Crippen LogP contribution < -0.4 is 0 Å². The molecule has 3 rings (SSSR count). The fraction of sp³-hybridized carbons (Fsp3) is 0.200. The number of methoxy groups -OCH3 is 1. The van der Waals surface area contributed by atoms with Gasteiger partial charge in [0.15, 0.2) is 5.76 Å². The minimum absolute atomic E-state index is 0.361. The minimum atomic E-state index is -0.657. The molecule has 0 aliphatic heterocycles. The van der Waals surface area contributed by atoms with Crippen LogP contribution in [-0.2, 0) is 16.1 Å². The van der Waals surface area contributed by atoms with Crippen molar-refractivity contribution in [3.8, 4) is 11.3 Å². The molecule has 0 N–H and O–H groups in total. The number of nitrogens with zero attached hydrogens (tertiary/aromatic N) is 2. The number of esters is 1. The lowest BCUT2D eigenvalue weighted by atomic mass is 10.1. The molecule has 0 amide bonds. The predicted octanol–water partition coefficient (Wildman–Crippen LogP) is 4.99. The third-order valence-corrected chi connectivity index (χ3v) is 4.90. The first-order valence-corrected chi connectivity index (χ1v) is 8.99. The number of carbonyl (C=O) groups is 1. The molecule has 0 aliphatic rings. The maximum absolute atomic E-state index is 12.4. The van der Waals surface area contributed by atoms with Gasteiger partial charge in [0.2, 0.25) is 0 Å². The van der Waals surface area contributed by atoms with E-state index in [0.29, 0.717) is 27.9 Å². The Balaban J connectivity index is 1.83. The molecule has 1 atom stereocenters. The molecule has 0 fully saturated rings. The molecule has 2 aromatic carbocycles. The monoisotopic (exact) mass is 404 g/mol. The van der Waals surface area contributed by atoms with E-state index in [1.807, 2.05) is 36.4 Å². The lowest BCUT2D eigenvalue weighted by molar-refractivity contribution is -0.147. The van der Waals surface area contributed by atoms with E-state index in [0.717, 1.165) is 11.3 Å². The van der Waals surface area contributed by atoms with Gasteiger partial charge in [-0.3, -0.25) is 4.90 Å². The van der Waals surface area contributed by atoms with Crippen LogP contribution in [0.25, 0.3) is 11.3 Å². The summed E-state index contributed by atoms with van der Waals surface area (Å²) < 4.78 is 10.4. The van der Waals surface area contributed by atoms with E-state index >= 15 is 0 Å². The Labute approximate surface area is 167 Å². The Kier molecular flexibility index (Phi) is 6.16. The Hall–Kier alpha value is -2.34. The lowest BCUT2D eigenvalue weighted by Crippen LogP contribution is -2.31. The number of hydrogen-bond donors (Lipinski definition) is 0. The van der Waals surface area contributed by atoms with Gasteiger partial charge in [-0.2, -0.15) is 0 Å². The summed E-state index contributed by atoms with van der Waals surface area (Å²) in [5.74, 6) is 0.226. The highest BCUT2D eigenvalue weighted by Crippen LogP contribution is 2.30. The third kappa shape index (κ3) is 4.50. The molecule has 0 bridgehead atoms. The molecule has 0 aliphatic carbocycles. The zero-order valence-electron chi connectivity index (χ0n) is 14.9. The Bertz CT molecular complexity index is 928. The molecule has 0 radical (unpaired) electrons. The fourth-order valence-electron chi connectivity index (χ4n) is 2.83. The van der Waals surface area contributed by atoms with Gasteiger partial charge < -0.3 is 9.26 Å². The van der Waals surface area contributed by atoms with Crippen LogP contribution in [0.5, 0.6) is 0 Å². The molecule has 5 nitrogen and oxygen atoms in total. The first-order chi connectivity index (χ1) is 13.0. The first kappa shape index (κ1) is 19.4. The van der Waals surface area contributed by atoms with Crippen LogP contribution in [0.15, 0.2) is 59.1 Å². The van der Waals surface area contributed by atoms with Crippen LogP contribution in [0.4, 0.5) is 0 Å². The molecule has 140 valence electrons. The van der Waals surface area contributed by atoms with Gasteiger partial charge in [0.25, 0.3) is 0 Å². The van der Waals surface area contributed by atoms with Gasteiger partial charge in [0, 0.05) is 11.6 Å². The second-order valence-electron chi connectivity index (χ2n) is 6.06. The molecule has 1 heterocycles. The molecule has 0 saturated carbocycles. The minimum Gasteiger partial charge on any atom is -0.468 e. The van der Waals surface area contributed by atoms with Gasteiger partial charge >= 0.3 is 5.97 Å². The largest absolute Gasteiger partial charge is 0.468 e. The SMILES string of the molecule is COC(=O)[C@@H](c1ccc(Cl)c(Cl)c1)N(C)Cc1cc(-c2ccccc2)no1. The van der Waals surface area contributed by atoms with Crippen molar-refractivity contribution in [2.45, 2.75) is 12.6 Å². The van der Waals surface area contributed by atoms with E-state index in [9.17, 15) is 4.79 Å². The summed E-state index contributed by atoms with van der Waals surface area (Å²) in [7, 11) is 3.15. The number of rotatable bonds is 6. The molecule has 27 heavy (non-hydrogen) atoms. The molecule has 3 aromatic rings. The molecule has 0 unspecified atom stereocenters. The Morgan fingerprint density at radius 1 is 1.15 bits per heavy atom. The van der Waals surface area contributed by atoms with Crippen LogP contribution in [0.1, 0.15) is 17.4 Å². The van der Waals surface area contributed by atoms with Crippen LogP contribution >= 0.6 is 23.2 Å². The van der Waals surface area contributed by atoms with Crippen molar-refractivity contribution in [2.24, 2.45) is 0 Å². The summed E-state index contributed by atoms with van der Waals surface area (Å²) in [6.45, 7) is 0.361. The van der Waals surface area contributed by atoms with Gasteiger partial charge in [-0.05, 0) is 24.7 Å². The topological polar surface area (TPSA) is 55.6 Å². The normalized spacial score (nSPS) is 12.2. The fourth-order valence-corrected chi connectivity index (χ4v) is 3.14. The standard InChI is InChI=1S/C20H18Cl2N2O3/c1-24(12-15-11-18(23-27-15)13-6-4-3-5-7-13)19(20(25)26-2)14-8-9-16(21)17(22)10-14/h3-11,19H,12H2,1-2H3/t19-/m1/s1. The molecular formula is C20H18Cl2N2O3. The Morgan fingerprint density at radius 3 is 2.56 bits per heavy atom. The summed E-state index contributed by atoms with van der Waals surface area (Å²) in [6.07, 6.45) is 0. The second kappa shape index (κ2) is 8.57. The van der Waals surface area contributed by atoms with Crippen molar-refractivity contribution in [2.75, 3.05) is 14.2 Å². The third-order valence-electron chi connectivity index (χ3n) is 4.16. The van der Waals surface area contributed by atoms with Crippen LogP contribution in [0.2, 0.25) is 10.0 Å². The van der Waals surface area contributed by atoms with E-state index < -0.39 is 12.0 Å². The summed E-state index contributed by atoms with van der Waals surface area (Å²) >= 11 is 12.1. The maximum atomic E-state index is 12.4. The van der Waals surface area contributed by atoms with Crippen molar-refractivity contribution in [3.63, 3.8) is 0 Å². The van der Waals surface area contributed by atoms with Gasteiger partial charge in [0.1, 0.15) is 11.7 Å². The van der Waals surface area contributed by atoms with Crippen LogP contribution in [-0.4, -0.2) is 30.2 Å². The van der Waals surface area contributed by atoms with E-state index in [-0.39, 0.29) is 0 Å². The molecule has 0 spiro atoms. The van der Waals surface area contributed by atoms with Gasteiger partial charge in [0.05, 0.1) is 23.7 Å². The van der Waals surface area contributed by atoms with E-state index in [4.69, 9.17) is 32.5 Å². The zero-order valence-corrected chi connectivity index (χ0v) is 16.4. The average molecular weight is 405 g/mol. The molecule has 7 heteroatoms. The lowest BCUT2D eigenvalue weighted by Gasteiger charge is -2.25. The first-order valence-electron chi connectivity index (χ1n) is 8.23. The van der Waals surface area contributed by atoms with Crippen LogP contribution in [0, 0.1) is 0 Å². The molecular weight excluding hydrogens is 387 g/mol.